The minimum Gasteiger partial charge on any atom is -0.439 e. The number of benzene rings is 1. The van der Waals surface area contributed by atoms with Gasteiger partial charge in [0.2, 0.25) is 5.89 Å². The lowest BCUT2D eigenvalue weighted by Crippen LogP contribution is -2.16. The van der Waals surface area contributed by atoms with Crippen LogP contribution in [0.25, 0.3) is 11.1 Å². The summed E-state index contributed by atoms with van der Waals surface area (Å²) in [6.45, 7) is 2.90. The van der Waals surface area contributed by atoms with Gasteiger partial charge in [0.15, 0.2) is 5.58 Å². The number of hydrogen-bond donors (Lipinski definition) is 1. The van der Waals surface area contributed by atoms with Crippen LogP contribution in [0.3, 0.4) is 0 Å². The van der Waals surface area contributed by atoms with Crippen molar-refractivity contribution in [3.05, 3.63) is 29.7 Å². The van der Waals surface area contributed by atoms with E-state index in [1.807, 2.05) is 25.1 Å². The maximum atomic E-state index is 5.85. The maximum Gasteiger partial charge on any atom is 0.212 e. The van der Waals surface area contributed by atoms with Crippen molar-refractivity contribution in [1.29, 1.82) is 0 Å². The first kappa shape index (κ1) is 10.7. The molecule has 1 aromatic carbocycles. The zero-order valence-electron chi connectivity index (χ0n) is 10.1. The van der Waals surface area contributed by atoms with Crippen LogP contribution in [0.4, 0.5) is 0 Å². The molecule has 1 N–H and O–H groups in total. The van der Waals surface area contributed by atoms with Crippen LogP contribution >= 0.6 is 0 Å². The predicted molar refractivity (Wildman–Crippen MR) is 64.9 cm³/mol. The van der Waals surface area contributed by atoms with Crippen LogP contribution in [-0.2, 0) is 4.74 Å². The van der Waals surface area contributed by atoms with Crippen LogP contribution in [0, 0.1) is 6.92 Å². The lowest BCUT2D eigenvalue weighted by Gasteiger charge is -2.04. The second-order valence-corrected chi connectivity index (χ2v) is 4.53. The lowest BCUT2D eigenvalue weighted by molar-refractivity contribution is 0.116. The highest BCUT2D eigenvalue weighted by atomic mass is 16.5. The molecule has 2 aromatic rings. The molecule has 0 amide bonds. The van der Waals surface area contributed by atoms with Crippen molar-refractivity contribution in [3.63, 3.8) is 0 Å². The van der Waals surface area contributed by atoms with Crippen LogP contribution in [0.5, 0.6) is 0 Å². The number of fused-ring (bicyclic) bond motifs is 1. The van der Waals surface area contributed by atoms with Gasteiger partial charge >= 0.3 is 0 Å². The first-order chi connectivity index (χ1) is 8.28. The van der Waals surface area contributed by atoms with E-state index in [9.17, 15) is 0 Å². The third kappa shape index (κ3) is 1.83. The molecule has 2 unspecified atom stereocenters. The number of aryl methyl sites for hydroxylation is 1. The maximum absolute atomic E-state index is 5.85. The Kier molecular flexibility index (Phi) is 2.61. The third-order valence-electron chi connectivity index (χ3n) is 3.35. The van der Waals surface area contributed by atoms with Gasteiger partial charge < -0.3 is 14.5 Å². The summed E-state index contributed by atoms with van der Waals surface area (Å²) in [4.78, 5) is 4.54. The summed E-state index contributed by atoms with van der Waals surface area (Å²) in [5.41, 5.74) is 2.95. The Morgan fingerprint density at radius 1 is 1.47 bits per heavy atom. The summed E-state index contributed by atoms with van der Waals surface area (Å²) in [7, 11) is 1.74. The summed E-state index contributed by atoms with van der Waals surface area (Å²) in [6, 6.07) is 6.20. The fourth-order valence-corrected chi connectivity index (χ4v) is 2.32. The number of ether oxygens (including phenoxy) is 1. The van der Waals surface area contributed by atoms with Crippen molar-refractivity contribution in [1.82, 2.24) is 10.3 Å². The summed E-state index contributed by atoms with van der Waals surface area (Å²) >= 11 is 0. The lowest BCUT2D eigenvalue weighted by atomic mass is 10.2. The Balaban J connectivity index is 1.94. The van der Waals surface area contributed by atoms with Crippen molar-refractivity contribution in [2.24, 2.45) is 0 Å². The zero-order chi connectivity index (χ0) is 11.8. The van der Waals surface area contributed by atoms with Gasteiger partial charge in [-0.15, -0.1) is 0 Å². The molecule has 0 radical (unpaired) electrons. The summed E-state index contributed by atoms with van der Waals surface area (Å²) in [6.07, 6.45) is 1.18. The van der Waals surface area contributed by atoms with Crippen molar-refractivity contribution in [3.8, 4) is 0 Å². The highest BCUT2D eigenvalue weighted by molar-refractivity contribution is 5.76. The van der Waals surface area contributed by atoms with Crippen LogP contribution < -0.4 is 5.32 Å². The zero-order valence-corrected chi connectivity index (χ0v) is 10.1. The van der Waals surface area contributed by atoms with Crippen molar-refractivity contribution in [2.45, 2.75) is 25.5 Å². The minimum absolute atomic E-state index is 0.173. The molecular formula is C13H16N2O2. The van der Waals surface area contributed by atoms with E-state index in [1.54, 1.807) is 7.11 Å². The van der Waals surface area contributed by atoms with Crippen LogP contribution in [0.15, 0.2) is 22.6 Å². The highest BCUT2D eigenvalue weighted by Crippen LogP contribution is 2.28. The molecule has 4 nitrogen and oxygen atoms in total. The Hall–Kier alpha value is -1.39. The highest BCUT2D eigenvalue weighted by Gasteiger charge is 2.28. The Bertz CT molecular complexity index is 535. The molecule has 0 bridgehead atoms. The van der Waals surface area contributed by atoms with E-state index in [2.05, 4.69) is 10.3 Å². The average Bonchev–Trinajstić information content (AvgIpc) is 2.95. The molecule has 3 rings (SSSR count). The van der Waals surface area contributed by atoms with Crippen LogP contribution in [0.2, 0.25) is 0 Å². The van der Waals surface area contributed by atoms with Crippen molar-refractivity contribution in [2.75, 3.05) is 13.7 Å². The van der Waals surface area contributed by atoms with Gasteiger partial charge in [0, 0.05) is 13.7 Å². The van der Waals surface area contributed by atoms with Gasteiger partial charge in [-0.25, -0.2) is 4.98 Å². The molecule has 1 aromatic heterocycles. The van der Waals surface area contributed by atoms with E-state index in [-0.39, 0.29) is 12.1 Å². The van der Waals surface area contributed by atoms with E-state index < -0.39 is 0 Å². The summed E-state index contributed by atoms with van der Waals surface area (Å²) in [5.74, 6) is 0.772. The Labute approximate surface area is 100.0 Å². The second kappa shape index (κ2) is 4.13. The Morgan fingerprint density at radius 2 is 2.35 bits per heavy atom. The predicted octanol–water partition coefficient (Wildman–Crippen LogP) is 2.19. The van der Waals surface area contributed by atoms with Gasteiger partial charge in [-0.3, -0.25) is 0 Å². The molecule has 1 aliphatic rings. The largest absolute Gasteiger partial charge is 0.439 e. The van der Waals surface area contributed by atoms with Gasteiger partial charge in [0.25, 0.3) is 0 Å². The number of rotatable bonds is 2. The molecule has 0 saturated carbocycles. The van der Waals surface area contributed by atoms with E-state index in [1.165, 1.54) is 0 Å². The quantitative estimate of drug-likeness (QED) is 0.862. The van der Waals surface area contributed by atoms with E-state index >= 15 is 0 Å². The number of nitrogens with zero attached hydrogens (tertiary/aromatic N) is 1. The standard InChI is InChI=1S/C13H16N2O2/c1-8-4-3-5-10-12(8)17-13(15-10)11-6-9(16-2)7-14-11/h3-5,9,11,14H,6-7H2,1-2H3. The first-order valence-electron chi connectivity index (χ1n) is 5.90. The second-order valence-electron chi connectivity index (χ2n) is 4.53. The van der Waals surface area contributed by atoms with Gasteiger partial charge in [-0.05, 0) is 25.0 Å². The topological polar surface area (TPSA) is 47.3 Å². The fraction of sp³-hybridized carbons (Fsp3) is 0.462. The summed E-state index contributed by atoms with van der Waals surface area (Å²) < 4.78 is 11.2. The van der Waals surface area contributed by atoms with Gasteiger partial charge in [-0.1, -0.05) is 12.1 Å². The van der Waals surface area contributed by atoms with E-state index in [4.69, 9.17) is 9.15 Å². The third-order valence-corrected chi connectivity index (χ3v) is 3.35. The fourth-order valence-electron chi connectivity index (χ4n) is 2.32. The normalized spacial score (nSPS) is 24.6. The van der Waals surface area contributed by atoms with Gasteiger partial charge in [0.05, 0.1) is 12.1 Å². The number of nitrogens with one attached hydrogen (secondary N) is 1. The molecule has 1 fully saturated rings. The first-order valence-corrected chi connectivity index (χ1v) is 5.90. The number of methoxy groups -OCH3 is 1. The smallest absolute Gasteiger partial charge is 0.212 e. The van der Waals surface area contributed by atoms with Gasteiger partial charge in [0.1, 0.15) is 5.52 Å². The average molecular weight is 232 g/mol. The Morgan fingerprint density at radius 3 is 3.06 bits per heavy atom. The summed E-state index contributed by atoms with van der Waals surface area (Å²) in [5, 5.41) is 3.37. The number of hydrogen-bond acceptors (Lipinski definition) is 4. The molecule has 2 heterocycles. The molecule has 17 heavy (non-hydrogen) atoms. The SMILES string of the molecule is COC1CNC(c2nc3cccc(C)c3o2)C1. The van der Waals surface area contributed by atoms with Gasteiger partial charge in [-0.2, -0.15) is 0 Å². The molecule has 90 valence electrons. The molecule has 0 spiro atoms. The number of aromatic nitrogens is 1. The molecule has 1 saturated heterocycles. The van der Waals surface area contributed by atoms with Crippen LogP contribution in [-0.4, -0.2) is 24.7 Å². The minimum atomic E-state index is 0.173. The molecule has 0 aliphatic carbocycles. The monoisotopic (exact) mass is 232 g/mol. The van der Waals surface area contributed by atoms with Crippen LogP contribution in [0.1, 0.15) is 23.9 Å². The van der Waals surface area contributed by atoms with E-state index in [0.29, 0.717) is 0 Å². The molecule has 2 atom stereocenters. The molecule has 4 heteroatoms. The number of para-hydroxylation sites is 1. The number of oxazole rings is 1. The molecule has 1 aliphatic heterocycles. The van der Waals surface area contributed by atoms with E-state index in [0.717, 1.165) is 35.5 Å². The van der Waals surface area contributed by atoms with Crippen molar-refractivity contribution >= 4 is 11.1 Å². The van der Waals surface area contributed by atoms with Crippen molar-refractivity contribution < 1.29 is 9.15 Å². The molecular weight excluding hydrogens is 216 g/mol.